The molecule has 4 nitrogen and oxygen atoms in total. The van der Waals surface area contributed by atoms with Gasteiger partial charge in [-0.2, -0.15) is 0 Å². The number of fused-ring (bicyclic) bond motifs is 3. The minimum absolute atomic E-state index is 0.0513. The van der Waals surface area contributed by atoms with Gasteiger partial charge in [0, 0.05) is 34.1 Å². The molecule has 0 spiro atoms. The van der Waals surface area contributed by atoms with E-state index in [1.54, 1.807) is 23.1 Å². The molecular formula is C18H21N3OS2. The van der Waals surface area contributed by atoms with Crippen LogP contribution in [0.1, 0.15) is 28.9 Å². The van der Waals surface area contributed by atoms with Crippen LogP contribution in [0.4, 0.5) is 0 Å². The molecule has 2 aromatic rings. The molecule has 126 valence electrons. The average Bonchev–Trinajstić information content (AvgIpc) is 3.01. The van der Waals surface area contributed by atoms with Gasteiger partial charge in [-0.25, -0.2) is 4.98 Å². The first-order valence-corrected chi connectivity index (χ1v) is 10.1. The van der Waals surface area contributed by atoms with Gasteiger partial charge in [0.05, 0.1) is 0 Å². The van der Waals surface area contributed by atoms with Gasteiger partial charge in [0.15, 0.2) is 4.34 Å². The molecule has 3 aliphatic heterocycles. The van der Waals surface area contributed by atoms with E-state index in [4.69, 9.17) is 0 Å². The summed E-state index contributed by atoms with van der Waals surface area (Å²) in [4.78, 5) is 20.5. The summed E-state index contributed by atoms with van der Waals surface area (Å²) in [7, 11) is 0. The summed E-state index contributed by atoms with van der Waals surface area (Å²) in [6.07, 6.45) is 2.43. The Morgan fingerprint density at radius 1 is 1.29 bits per heavy atom. The van der Waals surface area contributed by atoms with Crippen LogP contribution in [0.15, 0.2) is 38.9 Å². The number of aryl methyl sites for hydroxylation is 1. The van der Waals surface area contributed by atoms with Gasteiger partial charge in [-0.05, 0) is 63.0 Å². The number of nitrogens with zero attached hydrogens (tertiary/aromatic N) is 2. The lowest BCUT2D eigenvalue weighted by molar-refractivity contribution is 0.0620. The van der Waals surface area contributed by atoms with Crippen molar-refractivity contribution < 1.29 is 4.79 Å². The summed E-state index contributed by atoms with van der Waals surface area (Å²) >= 11 is 3.30. The highest BCUT2D eigenvalue weighted by Gasteiger charge is 2.34. The second kappa shape index (κ2) is 6.86. The number of carbonyl (C=O) groups excluding carboxylic acids is 1. The molecule has 1 aromatic carbocycles. The summed E-state index contributed by atoms with van der Waals surface area (Å²) in [5, 5.41) is 5.30. The Hall–Kier alpha value is -1.37. The summed E-state index contributed by atoms with van der Waals surface area (Å²) in [5.41, 5.74) is 1.79. The molecule has 1 aromatic heterocycles. The zero-order valence-corrected chi connectivity index (χ0v) is 15.3. The summed E-state index contributed by atoms with van der Waals surface area (Å²) in [5.74, 6) is 0.706. The van der Waals surface area contributed by atoms with Crippen molar-refractivity contribution in [2.75, 3.05) is 19.6 Å². The fourth-order valence-corrected chi connectivity index (χ4v) is 5.34. The molecule has 0 radical (unpaired) electrons. The third-order valence-corrected chi connectivity index (χ3v) is 6.96. The molecule has 4 heterocycles. The van der Waals surface area contributed by atoms with Crippen molar-refractivity contribution in [3.05, 3.63) is 40.9 Å². The van der Waals surface area contributed by atoms with Gasteiger partial charge in [0.2, 0.25) is 0 Å². The number of nitrogens with one attached hydrogen (secondary N) is 1. The number of thiazole rings is 1. The van der Waals surface area contributed by atoms with E-state index in [2.05, 4.69) is 20.6 Å². The van der Waals surface area contributed by atoms with Crippen molar-refractivity contribution in [3.8, 4) is 0 Å². The molecule has 0 unspecified atom stereocenters. The summed E-state index contributed by atoms with van der Waals surface area (Å²) in [6.45, 7) is 5.40. The van der Waals surface area contributed by atoms with Crippen LogP contribution in [-0.4, -0.2) is 41.5 Å². The van der Waals surface area contributed by atoms with Crippen molar-refractivity contribution in [1.82, 2.24) is 15.2 Å². The molecule has 5 rings (SSSR count). The first kappa shape index (κ1) is 16.1. The van der Waals surface area contributed by atoms with Crippen LogP contribution in [0.2, 0.25) is 0 Å². The van der Waals surface area contributed by atoms with E-state index in [-0.39, 0.29) is 5.91 Å². The van der Waals surface area contributed by atoms with Crippen molar-refractivity contribution in [2.45, 2.75) is 35.0 Å². The molecule has 0 aliphatic carbocycles. The minimum atomic E-state index is 0.0513. The maximum Gasteiger partial charge on any atom is 0.251 e. The van der Waals surface area contributed by atoms with Crippen LogP contribution in [-0.2, 0) is 0 Å². The van der Waals surface area contributed by atoms with Gasteiger partial charge >= 0.3 is 0 Å². The van der Waals surface area contributed by atoms with Gasteiger partial charge in [-0.1, -0.05) is 11.8 Å². The predicted octanol–water partition coefficient (Wildman–Crippen LogP) is 3.43. The van der Waals surface area contributed by atoms with Crippen molar-refractivity contribution in [1.29, 1.82) is 0 Å². The molecule has 6 heteroatoms. The minimum Gasteiger partial charge on any atom is -0.348 e. The highest BCUT2D eigenvalue weighted by atomic mass is 32.2. The molecule has 1 amide bonds. The number of piperidine rings is 3. The topological polar surface area (TPSA) is 45.2 Å². The maximum absolute atomic E-state index is 12.5. The smallest absolute Gasteiger partial charge is 0.251 e. The second-order valence-electron chi connectivity index (χ2n) is 6.60. The zero-order chi connectivity index (χ0) is 16.5. The summed E-state index contributed by atoms with van der Waals surface area (Å²) in [6, 6.07) is 8.16. The largest absolute Gasteiger partial charge is 0.348 e. The third-order valence-electron chi connectivity index (χ3n) is 4.89. The molecule has 3 saturated heterocycles. The zero-order valence-electron chi connectivity index (χ0n) is 13.7. The van der Waals surface area contributed by atoms with Crippen LogP contribution in [0.25, 0.3) is 0 Å². The first-order chi connectivity index (χ1) is 11.7. The van der Waals surface area contributed by atoms with E-state index in [0.29, 0.717) is 12.0 Å². The van der Waals surface area contributed by atoms with Gasteiger partial charge in [0.25, 0.3) is 5.91 Å². The molecule has 2 bridgehead atoms. The molecule has 0 saturated carbocycles. The molecule has 1 N–H and O–H groups in total. The SMILES string of the molecule is Cc1csc(Sc2ccc(C(=O)N[C@H]3CN4CCC3CC4)cc2)n1. The van der Waals surface area contributed by atoms with Crippen molar-refractivity contribution in [3.63, 3.8) is 0 Å². The summed E-state index contributed by atoms with van der Waals surface area (Å²) < 4.78 is 1.04. The highest BCUT2D eigenvalue weighted by molar-refractivity contribution is 8.01. The number of rotatable bonds is 4. The van der Waals surface area contributed by atoms with Gasteiger partial charge < -0.3 is 10.2 Å². The fourth-order valence-electron chi connectivity index (χ4n) is 3.53. The number of benzene rings is 1. The van der Waals surface area contributed by atoms with E-state index in [1.807, 2.05) is 31.2 Å². The molecule has 3 aliphatic rings. The normalized spacial score (nSPS) is 25.6. The fraction of sp³-hybridized carbons (Fsp3) is 0.444. The number of hydrogen-bond donors (Lipinski definition) is 1. The first-order valence-electron chi connectivity index (χ1n) is 8.40. The Labute approximate surface area is 150 Å². The molecule has 3 fully saturated rings. The number of amides is 1. The van der Waals surface area contributed by atoms with E-state index < -0.39 is 0 Å². The molecular weight excluding hydrogens is 338 g/mol. The van der Waals surface area contributed by atoms with E-state index in [9.17, 15) is 4.79 Å². The Balaban J connectivity index is 1.38. The van der Waals surface area contributed by atoms with E-state index in [1.165, 1.54) is 25.9 Å². The van der Waals surface area contributed by atoms with E-state index >= 15 is 0 Å². The Kier molecular flexibility index (Phi) is 4.61. The second-order valence-corrected chi connectivity index (χ2v) is 8.78. The number of carbonyl (C=O) groups is 1. The van der Waals surface area contributed by atoms with Crippen LogP contribution in [0, 0.1) is 12.8 Å². The maximum atomic E-state index is 12.5. The number of aromatic nitrogens is 1. The van der Waals surface area contributed by atoms with Crippen LogP contribution in [0.3, 0.4) is 0 Å². The van der Waals surface area contributed by atoms with Crippen molar-refractivity contribution in [2.24, 2.45) is 5.92 Å². The highest BCUT2D eigenvalue weighted by Crippen LogP contribution is 2.30. The molecule has 24 heavy (non-hydrogen) atoms. The lowest BCUT2D eigenvalue weighted by atomic mass is 9.84. The predicted molar refractivity (Wildman–Crippen MR) is 97.8 cm³/mol. The Bertz CT molecular complexity index is 720. The third kappa shape index (κ3) is 3.50. The van der Waals surface area contributed by atoms with Gasteiger partial charge in [0.1, 0.15) is 0 Å². The van der Waals surface area contributed by atoms with E-state index in [0.717, 1.165) is 27.0 Å². The van der Waals surface area contributed by atoms with Crippen molar-refractivity contribution >= 4 is 29.0 Å². The van der Waals surface area contributed by atoms with Crippen LogP contribution < -0.4 is 5.32 Å². The lowest BCUT2D eigenvalue weighted by Crippen LogP contribution is -2.57. The lowest BCUT2D eigenvalue weighted by Gasteiger charge is -2.44. The number of hydrogen-bond acceptors (Lipinski definition) is 5. The van der Waals surface area contributed by atoms with Crippen LogP contribution >= 0.6 is 23.1 Å². The average molecular weight is 360 g/mol. The Morgan fingerprint density at radius 3 is 2.62 bits per heavy atom. The monoisotopic (exact) mass is 359 g/mol. The molecule has 1 atom stereocenters. The quantitative estimate of drug-likeness (QED) is 0.908. The Morgan fingerprint density at radius 2 is 2.04 bits per heavy atom. The van der Waals surface area contributed by atoms with Gasteiger partial charge in [-0.3, -0.25) is 4.79 Å². The van der Waals surface area contributed by atoms with Crippen LogP contribution in [0.5, 0.6) is 0 Å². The standard InChI is InChI=1S/C18H21N3OS2/c1-12-11-23-18(19-12)24-15-4-2-14(3-5-15)17(22)20-16-10-21-8-6-13(16)7-9-21/h2-5,11,13,16H,6-10H2,1H3,(H,20,22)/t16-/m0/s1. The van der Waals surface area contributed by atoms with Gasteiger partial charge in [-0.15, -0.1) is 11.3 Å².